The van der Waals surface area contributed by atoms with Gasteiger partial charge >= 0.3 is 0 Å². The number of nitrogens with one attached hydrogen (secondary N) is 1. The Morgan fingerprint density at radius 3 is 2.82 bits per heavy atom. The fraction of sp³-hybridized carbons (Fsp3) is 0.250. The standard InChI is InChI=1S/C16H16ClN3O2/c17-12-2-1-3-13(10-12)19-16(21)15-11-14(4-5-18-15)20-6-8-22-9-7-20/h1-5,10-11H,6-9H2,(H,19,21). The molecule has 0 unspecified atom stereocenters. The number of hydrogen-bond donors (Lipinski definition) is 1. The maximum Gasteiger partial charge on any atom is 0.274 e. The maximum absolute atomic E-state index is 12.3. The zero-order chi connectivity index (χ0) is 15.4. The predicted octanol–water partition coefficient (Wildman–Crippen LogP) is 2.82. The zero-order valence-corrected chi connectivity index (χ0v) is 12.7. The Hall–Kier alpha value is -2.11. The van der Waals surface area contributed by atoms with Crippen LogP contribution in [0.4, 0.5) is 11.4 Å². The highest BCUT2D eigenvalue weighted by Crippen LogP contribution is 2.18. The van der Waals surface area contributed by atoms with Crippen LogP contribution in [-0.4, -0.2) is 37.2 Å². The van der Waals surface area contributed by atoms with Gasteiger partial charge in [0.05, 0.1) is 13.2 Å². The van der Waals surface area contributed by atoms with Crippen molar-refractivity contribution in [3.05, 3.63) is 53.3 Å². The Labute approximate surface area is 133 Å². The average Bonchev–Trinajstić information content (AvgIpc) is 2.56. The Bertz CT molecular complexity index is 672. The molecular formula is C16H16ClN3O2. The molecule has 0 aliphatic carbocycles. The van der Waals surface area contributed by atoms with Gasteiger partial charge < -0.3 is 15.0 Å². The molecule has 1 saturated heterocycles. The Morgan fingerprint density at radius 1 is 1.23 bits per heavy atom. The van der Waals surface area contributed by atoms with E-state index in [0.29, 0.717) is 29.6 Å². The molecule has 1 fully saturated rings. The van der Waals surface area contributed by atoms with E-state index in [1.54, 1.807) is 36.5 Å². The molecule has 6 heteroatoms. The first kappa shape index (κ1) is 14.8. The minimum atomic E-state index is -0.252. The summed E-state index contributed by atoms with van der Waals surface area (Å²) in [6, 6.07) is 10.7. The van der Waals surface area contributed by atoms with E-state index in [-0.39, 0.29) is 5.91 Å². The third-order valence-corrected chi connectivity index (χ3v) is 3.67. The van der Waals surface area contributed by atoms with Crippen molar-refractivity contribution in [2.24, 2.45) is 0 Å². The second-order valence-electron chi connectivity index (χ2n) is 4.96. The number of halogens is 1. The average molecular weight is 318 g/mol. The highest BCUT2D eigenvalue weighted by atomic mass is 35.5. The first-order valence-corrected chi connectivity index (χ1v) is 7.46. The highest BCUT2D eigenvalue weighted by molar-refractivity contribution is 6.30. The summed E-state index contributed by atoms with van der Waals surface area (Å²) < 4.78 is 5.34. The van der Waals surface area contributed by atoms with Crippen LogP contribution in [-0.2, 0) is 4.74 Å². The molecule has 22 heavy (non-hydrogen) atoms. The summed E-state index contributed by atoms with van der Waals surface area (Å²) >= 11 is 5.92. The number of morpholine rings is 1. The minimum absolute atomic E-state index is 0.252. The lowest BCUT2D eigenvalue weighted by Gasteiger charge is -2.28. The van der Waals surface area contributed by atoms with Crippen LogP contribution >= 0.6 is 11.6 Å². The van der Waals surface area contributed by atoms with Crippen LogP contribution in [0.1, 0.15) is 10.5 Å². The van der Waals surface area contributed by atoms with E-state index in [1.165, 1.54) is 0 Å². The molecule has 1 amide bonds. The summed E-state index contributed by atoms with van der Waals surface area (Å²) in [5.41, 5.74) is 2.01. The van der Waals surface area contributed by atoms with Crippen molar-refractivity contribution in [2.75, 3.05) is 36.5 Å². The normalized spacial score (nSPS) is 14.7. The largest absolute Gasteiger partial charge is 0.378 e. The van der Waals surface area contributed by atoms with E-state index in [2.05, 4.69) is 15.2 Å². The second-order valence-corrected chi connectivity index (χ2v) is 5.40. The minimum Gasteiger partial charge on any atom is -0.378 e. The van der Waals surface area contributed by atoms with Crippen LogP contribution in [0.15, 0.2) is 42.6 Å². The van der Waals surface area contributed by atoms with Crippen LogP contribution < -0.4 is 10.2 Å². The summed E-state index contributed by atoms with van der Waals surface area (Å²) in [4.78, 5) is 18.6. The summed E-state index contributed by atoms with van der Waals surface area (Å²) in [5, 5.41) is 3.38. The Morgan fingerprint density at radius 2 is 2.05 bits per heavy atom. The number of pyridine rings is 1. The molecule has 2 aromatic rings. The SMILES string of the molecule is O=C(Nc1cccc(Cl)c1)c1cc(N2CCOCC2)ccn1. The molecule has 0 spiro atoms. The van der Waals surface area contributed by atoms with Crippen molar-refractivity contribution in [1.82, 2.24) is 4.98 Å². The van der Waals surface area contributed by atoms with Gasteiger partial charge in [-0.3, -0.25) is 9.78 Å². The number of carbonyl (C=O) groups is 1. The summed E-state index contributed by atoms with van der Waals surface area (Å²) in [6.07, 6.45) is 1.65. The molecule has 0 bridgehead atoms. The van der Waals surface area contributed by atoms with Crippen molar-refractivity contribution in [3.8, 4) is 0 Å². The van der Waals surface area contributed by atoms with Gasteiger partial charge in [0.25, 0.3) is 5.91 Å². The van der Waals surface area contributed by atoms with E-state index < -0.39 is 0 Å². The van der Waals surface area contributed by atoms with Gasteiger partial charge in [-0.15, -0.1) is 0 Å². The molecule has 114 valence electrons. The van der Waals surface area contributed by atoms with Gasteiger partial charge in [-0.25, -0.2) is 0 Å². The zero-order valence-electron chi connectivity index (χ0n) is 12.0. The van der Waals surface area contributed by atoms with Gasteiger partial charge in [0, 0.05) is 35.7 Å². The van der Waals surface area contributed by atoms with Gasteiger partial charge in [-0.05, 0) is 30.3 Å². The van der Waals surface area contributed by atoms with Gasteiger partial charge in [0.1, 0.15) is 5.69 Å². The first-order valence-electron chi connectivity index (χ1n) is 7.08. The molecule has 1 aliphatic heterocycles. The molecule has 3 rings (SSSR count). The van der Waals surface area contributed by atoms with Gasteiger partial charge in [0.15, 0.2) is 0 Å². The third-order valence-electron chi connectivity index (χ3n) is 3.43. The molecular weight excluding hydrogens is 302 g/mol. The number of benzene rings is 1. The molecule has 5 nitrogen and oxygen atoms in total. The predicted molar refractivity (Wildman–Crippen MR) is 86.7 cm³/mol. The molecule has 1 aliphatic rings. The van der Waals surface area contributed by atoms with Crippen molar-refractivity contribution in [3.63, 3.8) is 0 Å². The second kappa shape index (κ2) is 6.77. The van der Waals surface area contributed by atoms with Crippen molar-refractivity contribution in [1.29, 1.82) is 0 Å². The molecule has 1 aromatic heterocycles. The summed E-state index contributed by atoms with van der Waals surface area (Å²) in [6.45, 7) is 3.04. The number of hydrogen-bond acceptors (Lipinski definition) is 4. The molecule has 1 aromatic carbocycles. The number of nitrogens with zero attached hydrogens (tertiary/aromatic N) is 2. The lowest BCUT2D eigenvalue weighted by Crippen LogP contribution is -2.36. The quantitative estimate of drug-likeness (QED) is 0.946. The number of anilines is 2. The summed E-state index contributed by atoms with van der Waals surface area (Å²) in [7, 11) is 0. The van der Waals surface area contributed by atoms with E-state index >= 15 is 0 Å². The maximum atomic E-state index is 12.3. The number of aromatic nitrogens is 1. The topological polar surface area (TPSA) is 54.5 Å². The summed E-state index contributed by atoms with van der Waals surface area (Å²) in [5.74, 6) is -0.252. The molecule has 2 heterocycles. The molecule has 0 radical (unpaired) electrons. The van der Waals surface area contributed by atoms with Crippen LogP contribution in [0.3, 0.4) is 0 Å². The number of amides is 1. The van der Waals surface area contributed by atoms with E-state index in [0.717, 1.165) is 18.8 Å². The third kappa shape index (κ3) is 3.55. The van der Waals surface area contributed by atoms with E-state index in [1.807, 2.05) is 6.07 Å². The van der Waals surface area contributed by atoms with Crippen molar-refractivity contribution < 1.29 is 9.53 Å². The van der Waals surface area contributed by atoms with Gasteiger partial charge in [-0.1, -0.05) is 17.7 Å². The van der Waals surface area contributed by atoms with Crippen LogP contribution in [0, 0.1) is 0 Å². The number of rotatable bonds is 3. The Kier molecular flexibility index (Phi) is 4.56. The lowest BCUT2D eigenvalue weighted by atomic mass is 10.2. The van der Waals surface area contributed by atoms with Gasteiger partial charge in [-0.2, -0.15) is 0 Å². The van der Waals surface area contributed by atoms with Gasteiger partial charge in [0.2, 0.25) is 0 Å². The molecule has 1 N–H and O–H groups in total. The fourth-order valence-corrected chi connectivity index (χ4v) is 2.51. The number of ether oxygens (including phenoxy) is 1. The first-order chi connectivity index (χ1) is 10.7. The molecule has 0 saturated carbocycles. The van der Waals surface area contributed by atoms with Crippen LogP contribution in [0.25, 0.3) is 0 Å². The smallest absolute Gasteiger partial charge is 0.274 e. The monoisotopic (exact) mass is 317 g/mol. The van der Waals surface area contributed by atoms with Crippen LogP contribution in [0.2, 0.25) is 5.02 Å². The Balaban J connectivity index is 1.75. The van der Waals surface area contributed by atoms with E-state index in [9.17, 15) is 4.79 Å². The van der Waals surface area contributed by atoms with Crippen molar-refractivity contribution >= 4 is 28.9 Å². The van der Waals surface area contributed by atoms with Crippen molar-refractivity contribution in [2.45, 2.75) is 0 Å². The molecule has 0 atom stereocenters. The number of carbonyl (C=O) groups excluding carboxylic acids is 1. The fourth-order valence-electron chi connectivity index (χ4n) is 2.32. The highest BCUT2D eigenvalue weighted by Gasteiger charge is 2.14. The van der Waals surface area contributed by atoms with E-state index in [4.69, 9.17) is 16.3 Å². The van der Waals surface area contributed by atoms with Crippen LogP contribution in [0.5, 0.6) is 0 Å². The lowest BCUT2D eigenvalue weighted by molar-refractivity contribution is 0.102.